The smallest absolute Gasteiger partial charge is 0.316 e. The molecular formula is C12H23N5O2. The molecule has 108 valence electrons. The predicted octanol–water partition coefficient (Wildman–Crippen LogP) is 1.07. The van der Waals surface area contributed by atoms with Crippen molar-refractivity contribution in [1.29, 1.82) is 0 Å². The van der Waals surface area contributed by atoms with Crippen molar-refractivity contribution >= 4 is 11.9 Å². The zero-order chi connectivity index (χ0) is 14.4. The Bertz CT molecular complexity index is 405. The van der Waals surface area contributed by atoms with E-state index in [1.54, 1.807) is 6.92 Å². The molecule has 0 spiro atoms. The summed E-state index contributed by atoms with van der Waals surface area (Å²) in [6.07, 6.45) is 0. The summed E-state index contributed by atoms with van der Waals surface area (Å²) in [5, 5.41) is 16.7. The summed E-state index contributed by atoms with van der Waals surface area (Å²) in [5.41, 5.74) is 0. The Balaban J connectivity index is 2.55. The van der Waals surface area contributed by atoms with E-state index in [4.69, 9.17) is 4.42 Å². The van der Waals surface area contributed by atoms with Crippen molar-refractivity contribution in [2.24, 2.45) is 0 Å². The lowest BCUT2D eigenvalue weighted by Gasteiger charge is -2.14. The third-order valence-corrected chi connectivity index (χ3v) is 2.49. The molecular weight excluding hydrogens is 246 g/mol. The van der Waals surface area contributed by atoms with Crippen LogP contribution in [-0.4, -0.2) is 34.7 Å². The minimum atomic E-state index is -0.426. The van der Waals surface area contributed by atoms with Crippen LogP contribution < -0.4 is 16.0 Å². The summed E-state index contributed by atoms with van der Waals surface area (Å²) < 4.78 is 5.45. The highest BCUT2D eigenvalue weighted by Crippen LogP contribution is 2.13. The first-order chi connectivity index (χ1) is 8.93. The molecule has 7 nitrogen and oxygen atoms in total. The van der Waals surface area contributed by atoms with Gasteiger partial charge in [-0.1, -0.05) is 12.0 Å². The largest absolute Gasteiger partial charge is 0.406 e. The van der Waals surface area contributed by atoms with Gasteiger partial charge >= 0.3 is 6.01 Å². The molecule has 0 aromatic carbocycles. The van der Waals surface area contributed by atoms with Crippen LogP contribution in [0.4, 0.5) is 6.01 Å². The van der Waals surface area contributed by atoms with Crippen LogP contribution in [0, 0.1) is 0 Å². The molecule has 1 heterocycles. The zero-order valence-corrected chi connectivity index (χ0v) is 12.2. The molecule has 1 aromatic rings. The van der Waals surface area contributed by atoms with Crippen molar-refractivity contribution < 1.29 is 9.21 Å². The molecule has 1 amide bonds. The van der Waals surface area contributed by atoms with Crippen LogP contribution in [0.15, 0.2) is 4.42 Å². The third-order valence-electron chi connectivity index (χ3n) is 2.49. The molecule has 2 unspecified atom stereocenters. The van der Waals surface area contributed by atoms with E-state index in [9.17, 15) is 4.79 Å². The molecule has 0 aliphatic rings. The Morgan fingerprint density at radius 3 is 2.53 bits per heavy atom. The number of carbonyl (C=O) groups is 1. The molecule has 19 heavy (non-hydrogen) atoms. The molecule has 0 saturated heterocycles. The van der Waals surface area contributed by atoms with Gasteiger partial charge in [0, 0.05) is 6.04 Å². The molecule has 0 aliphatic carbocycles. The van der Waals surface area contributed by atoms with Gasteiger partial charge in [-0.2, -0.15) is 0 Å². The van der Waals surface area contributed by atoms with Crippen LogP contribution >= 0.6 is 0 Å². The molecule has 0 aliphatic heterocycles. The normalized spacial score (nSPS) is 14.2. The fourth-order valence-electron chi connectivity index (χ4n) is 1.52. The number of anilines is 1. The Labute approximate surface area is 113 Å². The van der Waals surface area contributed by atoms with Gasteiger partial charge in [-0.25, -0.2) is 0 Å². The summed E-state index contributed by atoms with van der Waals surface area (Å²) >= 11 is 0. The van der Waals surface area contributed by atoms with E-state index in [0.717, 1.165) is 6.54 Å². The maximum atomic E-state index is 11.7. The van der Waals surface area contributed by atoms with Crippen LogP contribution in [0.5, 0.6) is 0 Å². The molecule has 7 heteroatoms. The van der Waals surface area contributed by atoms with Gasteiger partial charge in [0.25, 0.3) is 0 Å². The monoisotopic (exact) mass is 269 g/mol. The fourth-order valence-corrected chi connectivity index (χ4v) is 1.52. The summed E-state index contributed by atoms with van der Waals surface area (Å²) in [6.45, 7) is 10.3. The lowest BCUT2D eigenvalue weighted by atomic mass is 10.3. The van der Waals surface area contributed by atoms with Crippen LogP contribution in [0.25, 0.3) is 0 Å². The van der Waals surface area contributed by atoms with Gasteiger partial charge in [0.1, 0.15) is 6.04 Å². The van der Waals surface area contributed by atoms with Gasteiger partial charge in [-0.3, -0.25) is 4.79 Å². The first kappa shape index (κ1) is 15.4. The van der Waals surface area contributed by atoms with Crippen LogP contribution in [0.3, 0.4) is 0 Å². The molecule has 0 bridgehead atoms. The predicted molar refractivity (Wildman–Crippen MR) is 72.8 cm³/mol. The van der Waals surface area contributed by atoms with Gasteiger partial charge in [0.2, 0.25) is 11.8 Å². The third kappa shape index (κ3) is 4.86. The number of nitrogens with zero attached hydrogens (tertiary/aromatic N) is 2. The number of nitrogens with one attached hydrogen (secondary N) is 3. The Kier molecular flexibility index (Phi) is 5.75. The van der Waals surface area contributed by atoms with E-state index in [0.29, 0.717) is 5.89 Å². The van der Waals surface area contributed by atoms with Crippen molar-refractivity contribution in [3.05, 3.63) is 5.89 Å². The average molecular weight is 269 g/mol. The molecule has 0 radical (unpaired) electrons. The van der Waals surface area contributed by atoms with E-state index in [1.165, 1.54) is 0 Å². The first-order valence-corrected chi connectivity index (χ1v) is 6.57. The zero-order valence-electron chi connectivity index (χ0n) is 12.2. The lowest BCUT2D eigenvalue weighted by molar-refractivity contribution is -0.122. The number of amides is 1. The van der Waals surface area contributed by atoms with Gasteiger partial charge < -0.3 is 20.4 Å². The van der Waals surface area contributed by atoms with Crippen LogP contribution in [0.1, 0.15) is 46.6 Å². The highest BCUT2D eigenvalue weighted by molar-refractivity contribution is 5.83. The van der Waals surface area contributed by atoms with Crippen molar-refractivity contribution in [2.45, 2.75) is 52.7 Å². The average Bonchev–Trinajstić information content (AvgIpc) is 2.77. The quantitative estimate of drug-likeness (QED) is 0.685. The van der Waals surface area contributed by atoms with Gasteiger partial charge in [0.15, 0.2) is 0 Å². The van der Waals surface area contributed by atoms with E-state index in [1.807, 2.05) is 27.7 Å². The maximum Gasteiger partial charge on any atom is 0.316 e. The number of aromatic nitrogens is 2. The van der Waals surface area contributed by atoms with Crippen molar-refractivity contribution in [3.63, 3.8) is 0 Å². The number of hydrogen-bond donors (Lipinski definition) is 3. The second-order valence-electron chi connectivity index (χ2n) is 4.75. The summed E-state index contributed by atoms with van der Waals surface area (Å²) in [5.74, 6) is 0.398. The summed E-state index contributed by atoms with van der Waals surface area (Å²) in [4.78, 5) is 11.7. The van der Waals surface area contributed by atoms with E-state index >= 15 is 0 Å². The molecule has 2 atom stereocenters. The second kappa shape index (κ2) is 7.08. The molecule has 3 N–H and O–H groups in total. The molecule has 0 fully saturated rings. The highest BCUT2D eigenvalue weighted by Gasteiger charge is 2.18. The minimum absolute atomic E-state index is 0.00662. The van der Waals surface area contributed by atoms with E-state index in [-0.39, 0.29) is 24.0 Å². The fraction of sp³-hybridized carbons (Fsp3) is 0.750. The molecule has 0 saturated carbocycles. The standard InChI is InChI=1S/C12H23N5O2/c1-6-13-9(5)11-16-17-12(19-11)15-8(4)10(18)14-7(2)3/h7-9,13H,6H2,1-5H3,(H,14,18)(H,15,17). The summed E-state index contributed by atoms with van der Waals surface area (Å²) in [6, 6.07) is -0.0760. The second-order valence-corrected chi connectivity index (χ2v) is 4.75. The number of rotatable bonds is 7. The Morgan fingerprint density at radius 2 is 1.95 bits per heavy atom. The first-order valence-electron chi connectivity index (χ1n) is 6.57. The van der Waals surface area contributed by atoms with Crippen molar-refractivity contribution in [3.8, 4) is 0 Å². The topological polar surface area (TPSA) is 92.1 Å². The molecule has 1 rings (SSSR count). The van der Waals surface area contributed by atoms with E-state index < -0.39 is 6.04 Å². The Morgan fingerprint density at radius 1 is 1.26 bits per heavy atom. The minimum Gasteiger partial charge on any atom is -0.406 e. The van der Waals surface area contributed by atoms with Crippen molar-refractivity contribution in [2.75, 3.05) is 11.9 Å². The van der Waals surface area contributed by atoms with Crippen LogP contribution in [0.2, 0.25) is 0 Å². The SMILES string of the molecule is CCNC(C)c1nnc(NC(C)C(=O)NC(C)C)o1. The lowest BCUT2D eigenvalue weighted by Crippen LogP contribution is -2.41. The van der Waals surface area contributed by atoms with Gasteiger partial charge in [-0.05, 0) is 34.2 Å². The van der Waals surface area contributed by atoms with E-state index in [2.05, 4.69) is 26.1 Å². The van der Waals surface area contributed by atoms with Gasteiger partial charge in [0.05, 0.1) is 6.04 Å². The van der Waals surface area contributed by atoms with Crippen molar-refractivity contribution in [1.82, 2.24) is 20.8 Å². The van der Waals surface area contributed by atoms with Crippen LogP contribution in [-0.2, 0) is 4.79 Å². The number of hydrogen-bond acceptors (Lipinski definition) is 6. The highest BCUT2D eigenvalue weighted by atomic mass is 16.4. The molecule has 1 aromatic heterocycles. The summed E-state index contributed by atoms with van der Waals surface area (Å²) in [7, 11) is 0. The Hall–Kier alpha value is -1.63. The number of carbonyl (C=O) groups excluding carboxylic acids is 1. The van der Waals surface area contributed by atoms with Gasteiger partial charge in [-0.15, -0.1) is 5.10 Å². The maximum absolute atomic E-state index is 11.7.